The smallest absolute Gasteiger partial charge is 0.118 e. The van der Waals surface area contributed by atoms with Crippen molar-refractivity contribution in [2.45, 2.75) is 13.0 Å². The molecular formula is C25H28N2O. The summed E-state index contributed by atoms with van der Waals surface area (Å²) in [6.45, 7) is 6.61. The molecule has 1 heterocycles. The molecule has 2 aromatic carbocycles. The Bertz CT molecular complexity index is 885. The molecule has 1 fully saturated rings. The molecule has 2 aromatic rings. The molecule has 1 unspecified atom stereocenters. The summed E-state index contributed by atoms with van der Waals surface area (Å²) in [6, 6.07) is 26.1. The van der Waals surface area contributed by atoms with E-state index in [-0.39, 0.29) is 0 Å². The lowest BCUT2D eigenvalue weighted by molar-refractivity contribution is 0.171. The molecule has 1 atom stereocenters. The van der Waals surface area contributed by atoms with Gasteiger partial charge in [0.1, 0.15) is 5.75 Å². The van der Waals surface area contributed by atoms with E-state index in [1.54, 1.807) is 7.11 Å². The number of nitrogens with one attached hydrogen (secondary N) is 1. The van der Waals surface area contributed by atoms with Gasteiger partial charge in [0.05, 0.1) is 7.11 Å². The number of ether oxygens (including phenoxy) is 1. The van der Waals surface area contributed by atoms with Gasteiger partial charge >= 0.3 is 0 Å². The van der Waals surface area contributed by atoms with Gasteiger partial charge < -0.3 is 10.1 Å². The van der Waals surface area contributed by atoms with Gasteiger partial charge in [-0.15, -0.1) is 0 Å². The van der Waals surface area contributed by atoms with Crippen LogP contribution in [-0.4, -0.2) is 38.2 Å². The van der Waals surface area contributed by atoms with Gasteiger partial charge in [-0.25, -0.2) is 0 Å². The van der Waals surface area contributed by atoms with Crippen LogP contribution in [-0.2, 0) is 0 Å². The second-order valence-corrected chi connectivity index (χ2v) is 7.29. The maximum atomic E-state index is 5.18. The van der Waals surface area contributed by atoms with Gasteiger partial charge in [-0.2, -0.15) is 0 Å². The summed E-state index contributed by atoms with van der Waals surface area (Å²) in [7, 11) is 1.70. The Balaban J connectivity index is 0.000000142. The van der Waals surface area contributed by atoms with Gasteiger partial charge in [0.25, 0.3) is 0 Å². The molecule has 0 spiro atoms. The van der Waals surface area contributed by atoms with Crippen LogP contribution in [0.5, 0.6) is 5.75 Å². The van der Waals surface area contributed by atoms with Crippen LogP contribution in [0.2, 0.25) is 0 Å². The summed E-state index contributed by atoms with van der Waals surface area (Å²) >= 11 is 0. The van der Waals surface area contributed by atoms with E-state index >= 15 is 0 Å². The fourth-order valence-electron chi connectivity index (χ4n) is 3.84. The number of methoxy groups -OCH3 is 1. The number of nitrogens with zero attached hydrogens (tertiary/aromatic N) is 1. The first-order chi connectivity index (χ1) is 13.8. The van der Waals surface area contributed by atoms with Crippen molar-refractivity contribution in [2.24, 2.45) is 0 Å². The highest BCUT2D eigenvalue weighted by molar-refractivity contribution is 5.89. The molecule has 0 radical (unpaired) electrons. The van der Waals surface area contributed by atoms with Gasteiger partial charge in [-0.05, 0) is 64.7 Å². The maximum absolute atomic E-state index is 5.18. The molecule has 0 aromatic heterocycles. The first-order valence-electron chi connectivity index (χ1n) is 10.1. The quantitative estimate of drug-likeness (QED) is 0.546. The number of fused-ring (bicyclic) bond motifs is 1. The van der Waals surface area contributed by atoms with Crippen molar-refractivity contribution >= 4 is 0 Å². The van der Waals surface area contributed by atoms with Crippen molar-refractivity contribution in [1.82, 2.24) is 10.2 Å². The lowest BCUT2D eigenvalue weighted by Gasteiger charge is -2.35. The second-order valence-electron chi connectivity index (χ2n) is 7.29. The molecule has 0 saturated carbocycles. The van der Waals surface area contributed by atoms with Crippen molar-refractivity contribution in [3.63, 3.8) is 0 Å². The van der Waals surface area contributed by atoms with Gasteiger partial charge in [0.15, 0.2) is 0 Å². The number of hydrogen-bond acceptors (Lipinski definition) is 3. The average molecular weight is 373 g/mol. The summed E-state index contributed by atoms with van der Waals surface area (Å²) in [5, 5.41) is 3.45. The summed E-state index contributed by atoms with van der Waals surface area (Å²) < 4.78 is 5.18. The second kappa shape index (κ2) is 8.59. The molecule has 0 bridgehead atoms. The summed E-state index contributed by atoms with van der Waals surface area (Å²) in [5.41, 5.74) is 6.86. The van der Waals surface area contributed by atoms with E-state index in [2.05, 4.69) is 71.7 Å². The van der Waals surface area contributed by atoms with Gasteiger partial charge in [-0.3, -0.25) is 4.90 Å². The highest BCUT2D eigenvalue weighted by Crippen LogP contribution is 2.40. The van der Waals surface area contributed by atoms with Gasteiger partial charge in [-0.1, -0.05) is 49.4 Å². The number of benzene rings is 3. The van der Waals surface area contributed by atoms with E-state index in [1.807, 2.05) is 18.2 Å². The molecule has 28 heavy (non-hydrogen) atoms. The maximum Gasteiger partial charge on any atom is 0.118 e. The minimum atomic E-state index is 0.504. The van der Waals surface area contributed by atoms with Gasteiger partial charge in [0.2, 0.25) is 0 Å². The monoisotopic (exact) mass is 372 g/mol. The number of rotatable bonds is 4. The van der Waals surface area contributed by atoms with Crippen molar-refractivity contribution in [3.05, 3.63) is 78.4 Å². The molecule has 5 rings (SSSR count). The first-order valence-corrected chi connectivity index (χ1v) is 10.1. The molecule has 0 amide bonds. The highest BCUT2D eigenvalue weighted by atomic mass is 16.5. The van der Waals surface area contributed by atoms with Crippen LogP contribution >= 0.6 is 0 Å². The van der Waals surface area contributed by atoms with Crippen LogP contribution in [0, 0.1) is 0 Å². The van der Waals surface area contributed by atoms with E-state index < -0.39 is 0 Å². The molecule has 2 aliphatic carbocycles. The third-order valence-electron chi connectivity index (χ3n) is 5.55. The fraction of sp³-hybridized carbons (Fsp3) is 0.280. The van der Waals surface area contributed by atoms with Crippen molar-refractivity contribution in [2.75, 3.05) is 33.3 Å². The van der Waals surface area contributed by atoms with Crippen molar-refractivity contribution < 1.29 is 4.74 Å². The lowest BCUT2D eigenvalue weighted by atomic mass is 10.0. The third-order valence-corrected chi connectivity index (χ3v) is 5.55. The predicted octanol–water partition coefficient (Wildman–Crippen LogP) is 5.00. The summed E-state index contributed by atoms with van der Waals surface area (Å²) in [4.78, 5) is 2.51. The van der Waals surface area contributed by atoms with E-state index in [0.717, 1.165) is 31.9 Å². The first kappa shape index (κ1) is 18.7. The van der Waals surface area contributed by atoms with Gasteiger partial charge in [0, 0.05) is 25.7 Å². The molecule has 1 N–H and O–H groups in total. The average Bonchev–Trinajstić information content (AvgIpc) is 3.39. The zero-order chi connectivity index (χ0) is 19.3. The Kier molecular flexibility index (Phi) is 5.75. The van der Waals surface area contributed by atoms with Crippen LogP contribution in [0.1, 0.15) is 18.5 Å². The molecular weight excluding hydrogens is 344 g/mol. The molecule has 3 nitrogen and oxygen atoms in total. The van der Waals surface area contributed by atoms with Crippen LogP contribution in [0.4, 0.5) is 0 Å². The Morgan fingerprint density at radius 3 is 2.14 bits per heavy atom. The third kappa shape index (κ3) is 4.27. The number of piperazine rings is 1. The van der Waals surface area contributed by atoms with Crippen molar-refractivity contribution in [1.29, 1.82) is 0 Å². The van der Waals surface area contributed by atoms with E-state index in [4.69, 9.17) is 4.74 Å². The Labute approximate surface area is 168 Å². The minimum Gasteiger partial charge on any atom is -0.497 e. The standard InChI is InChI=1S/C13H20N2O.C12H8/c1-3-15-9-8-14-10-13(15)11-4-6-12(16-2)7-5-11;1-2-4-9(5-3-1)10-6-11-8-12(11)7-10/h4-7,13-14H,3,8-10H2,1-2H3;1-8H. The molecule has 144 valence electrons. The van der Waals surface area contributed by atoms with Crippen molar-refractivity contribution in [3.8, 4) is 28.0 Å². The zero-order valence-electron chi connectivity index (χ0n) is 16.7. The van der Waals surface area contributed by atoms with Crippen LogP contribution in [0.25, 0.3) is 22.3 Å². The molecule has 3 heteroatoms. The molecule has 3 aliphatic rings. The largest absolute Gasteiger partial charge is 0.497 e. The van der Waals surface area contributed by atoms with Crippen LogP contribution in [0.3, 0.4) is 0 Å². The van der Waals surface area contributed by atoms with Crippen LogP contribution in [0.15, 0.2) is 72.8 Å². The summed E-state index contributed by atoms with van der Waals surface area (Å²) in [6.07, 6.45) is 0. The SMILES string of the molecule is CCN1CCNCC1c1ccc(OC)cc1.c1ccc(-c2cc3cc-3c2)cc1. The topological polar surface area (TPSA) is 24.5 Å². The minimum absolute atomic E-state index is 0.504. The fourth-order valence-corrected chi connectivity index (χ4v) is 3.84. The number of hydrogen-bond donors (Lipinski definition) is 1. The Morgan fingerprint density at radius 2 is 1.54 bits per heavy atom. The van der Waals surface area contributed by atoms with E-state index in [0.29, 0.717) is 6.04 Å². The Morgan fingerprint density at radius 1 is 0.893 bits per heavy atom. The van der Waals surface area contributed by atoms with E-state index in [1.165, 1.54) is 27.8 Å². The predicted molar refractivity (Wildman–Crippen MR) is 117 cm³/mol. The normalized spacial score (nSPS) is 17.4. The highest BCUT2D eigenvalue weighted by Gasteiger charge is 2.21. The number of likely N-dealkylation sites (N-methyl/N-ethyl adjacent to an activating group) is 1. The van der Waals surface area contributed by atoms with E-state index in [9.17, 15) is 0 Å². The Hall–Kier alpha value is -2.62. The zero-order valence-corrected chi connectivity index (χ0v) is 16.7. The van der Waals surface area contributed by atoms with Crippen LogP contribution < -0.4 is 10.1 Å². The molecule has 1 aliphatic heterocycles. The molecule has 1 saturated heterocycles. The lowest BCUT2D eigenvalue weighted by Crippen LogP contribution is -2.45. The summed E-state index contributed by atoms with van der Waals surface area (Å²) in [5.74, 6) is 0.926.